The third-order valence-corrected chi connectivity index (χ3v) is 6.16. The number of carbonyl (C=O) groups is 1. The van der Waals surface area contributed by atoms with Crippen molar-refractivity contribution in [3.63, 3.8) is 0 Å². The summed E-state index contributed by atoms with van der Waals surface area (Å²) in [5.41, 5.74) is 1.47. The van der Waals surface area contributed by atoms with Crippen molar-refractivity contribution in [2.75, 3.05) is 42.1 Å². The number of alkyl halides is 3. The first-order chi connectivity index (χ1) is 14.8. The maximum Gasteiger partial charge on any atom is 0.435 e. The van der Waals surface area contributed by atoms with Crippen molar-refractivity contribution in [1.82, 2.24) is 14.7 Å². The number of sulfonamides is 1. The van der Waals surface area contributed by atoms with Gasteiger partial charge in [-0.25, -0.2) is 8.42 Å². The van der Waals surface area contributed by atoms with Crippen LogP contribution in [-0.4, -0.2) is 61.4 Å². The molecule has 12 heteroatoms. The summed E-state index contributed by atoms with van der Waals surface area (Å²) in [6.07, 6.45) is -3.47. The van der Waals surface area contributed by atoms with E-state index in [-0.39, 0.29) is 18.0 Å². The lowest BCUT2D eigenvalue weighted by Gasteiger charge is -2.36. The van der Waals surface area contributed by atoms with E-state index in [1.54, 1.807) is 17.9 Å². The average molecular weight is 474 g/mol. The molecule has 1 aromatic carbocycles. The van der Waals surface area contributed by atoms with Gasteiger partial charge in [-0.05, 0) is 38.5 Å². The molecule has 1 aliphatic rings. The molecule has 1 fully saturated rings. The number of aromatic nitrogens is 2. The second kappa shape index (κ2) is 8.64. The number of carbonyl (C=O) groups excluding carboxylic acids is 1. The Labute approximate surface area is 185 Å². The van der Waals surface area contributed by atoms with Gasteiger partial charge in [-0.2, -0.15) is 18.3 Å². The predicted molar refractivity (Wildman–Crippen MR) is 115 cm³/mol. The summed E-state index contributed by atoms with van der Waals surface area (Å²) in [7, 11) is -3.41. The highest BCUT2D eigenvalue weighted by Gasteiger charge is 2.37. The molecular formula is C20H26F3N5O3S. The molecule has 1 amide bonds. The fourth-order valence-electron chi connectivity index (χ4n) is 3.62. The standard InChI is InChI=1S/C20H26F3N5O3S/c1-13-5-6-16(11-17(13)25-32(4,30)31)26-7-9-27(10-8-26)18(29)12-28-15(3)14(2)19(24-28)20(21,22)23/h5-6,11,25H,7-10,12H2,1-4H3. The van der Waals surface area contributed by atoms with Gasteiger partial charge in [0.2, 0.25) is 15.9 Å². The van der Waals surface area contributed by atoms with Crippen LogP contribution in [-0.2, 0) is 27.5 Å². The molecule has 8 nitrogen and oxygen atoms in total. The van der Waals surface area contributed by atoms with Crippen molar-refractivity contribution >= 4 is 27.3 Å². The van der Waals surface area contributed by atoms with Crippen LogP contribution >= 0.6 is 0 Å². The minimum absolute atomic E-state index is 0.0213. The van der Waals surface area contributed by atoms with Crippen LogP contribution in [0.25, 0.3) is 0 Å². The van der Waals surface area contributed by atoms with Crippen molar-refractivity contribution in [3.05, 3.63) is 40.7 Å². The summed E-state index contributed by atoms with van der Waals surface area (Å²) in [5.74, 6) is -0.299. The minimum Gasteiger partial charge on any atom is -0.368 e. The number of nitrogens with zero attached hydrogens (tertiary/aromatic N) is 4. The molecule has 0 aliphatic carbocycles. The van der Waals surface area contributed by atoms with Crippen LogP contribution < -0.4 is 9.62 Å². The Morgan fingerprint density at radius 3 is 2.28 bits per heavy atom. The van der Waals surface area contributed by atoms with Crippen molar-refractivity contribution in [2.45, 2.75) is 33.5 Å². The molecule has 0 radical (unpaired) electrons. The van der Waals surface area contributed by atoms with E-state index in [0.29, 0.717) is 37.6 Å². The van der Waals surface area contributed by atoms with Gasteiger partial charge in [0.1, 0.15) is 6.54 Å². The Kier molecular flexibility index (Phi) is 6.45. The summed E-state index contributed by atoms with van der Waals surface area (Å²) >= 11 is 0. The Balaban J connectivity index is 1.65. The Morgan fingerprint density at radius 2 is 1.75 bits per heavy atom. The fourth-order valence-corrected chi connectivity index (χ4v) is 4.24. The van der Waals surface area contributed by atoms with Crippen molar-refractivity contribution in [3.8, 4) is 0 Å². The van der Waals surface area contributed by atoms with Gasteiger partial charge in [0.15, 0.2) is 5.69 Å². The van der Waals surface area contributed by atoms with Gasteiger partial charge in [-0.15, -0.1) is 0 Å². The first-order valence-corrected chi connectivity index (χ1v) is 11.9. The highest BCUT2D eigenvalue weighted by molar-refractivity contribution is 7.92. The lowest BCUT2D eigenvalue weighted by molar-refractivity contribution is -0.142. The van der Waals surface area contributed by atoms with Crippen molar-refractivity contribution < 1.29 is 26.4 Å². The number of piperazine rings is 1. The van der Waals surface area contributed by atoms with E-state index in [2.05, 4.69) is 9.82 Å². The molecule has 1 aliphatic heterocycles. The van der Waals surface area contributed by atoms with Gasteiger partial charge in [0, 0.05) is 43.1 Å². The maximum atomic E-state index is 13.1. The van der Waals surface area contributed by atoms with Gasteiger partial charge in [0.05, 0.1) is 11.9 Å². The zero-order chi connectivity index (χ0) is 23.8. The first kappa shape index (κ1) is 23.9. The van der Waals surface area contributed by atoms with Crippen molar-refractivity contribution in [1.29, 1.82) is 0 Å². The molecule has 0 spiro atoms. The molecule has 1 aromatic heterocycles. The number of amides is 1. The van der Waals surface area contributed by atoms with Crippen LogP contribution in [0.3, 0.4) is 0 Å². The van der Waals surface area contributed by atoms with E-state index in [0.717, 1.165) is 22.2 Å². The number of benzene rings is 1. The number of halogens is 3. The van der Waals surface area contributed by atoms with Gasteiger partial charge in [0.25, 0.3) is 0 Å². The lowest BCUT2D eigenvalue weighted by atomic mass is 10.1. The Bertz CT molecular complexity index is 1120. The number of hydrogen-bond acceptors (Lipinski definition) is 5. The molecule has 0 atom stereocenters. The monoisotopic (exact) mass is 473 g/mol. The van der Waals surface area contributed by atoms with Crippen LogP contribution in [0.15, 0.2) is 18.2 Å². The molecule has 176 valence electrons. The SMILES string of the molecule is Cc1ccc(N2CCN(C(=O)Cn3nc(C(F)(F)F)c(C)c3C)CC2)cc1NS(C)(=O)=O. The normalized spacial score (nSPS) is 15.2. The first-order valence-electron chi connectivity index (χ1n) is 9.98. The highest BCUT2D eigenvalue weighted by Crippen LogP contribution is 2.32. The molecular weight excluding hydrogens is 447 g/mol. The molecule has 0 saturated carbocycles. The lowest BCUT2D eigenvalue weighted by Crippen LogP contribution is -2.49. The smallest absolute Gasteiger partial charge is 0.368 e. The van der Waals surface area contributed by atoms with E-state index in [1.807, 2.05) is 17.0 Å². The third kappa shape index (κ3) is 5.34. The number of hydrogen-bond donors (Lipinski definition) is 1. The summed E-state index contributed by atoms with van der Waals surface area (Å²) < 4.78 is 66.0. The molecule has 0 unspecified atom stereocenters. The quantitative estimate of drug-likeness (QED) is 0.721. The Morgan fingerprint density at radius 1 is 1.12 bits per heavy atom. The molecule has 2 heterocycles. The molecule has 3 rings (SSSR count). The van der Waals surface area contributed by atoms with E-state index in [1.165, 1.54) is 13.8 Å². The van der Waals surface area contributed by atoms with Crippen LogP contribution in [0.5, 0.6) is 0 Å². The van der Waals surface area contributed by atoms with E-state index in [9.17, 15) is 26.4 Å². The summed E-state index contributed by atoms with van der Waals surface area (Å²) in [4.78, 5) is 16.3. The zero-order valence-corrected chi connectivity index (χ0v) is 19.1. The second-order valence-corrected chi connectivity index (χ2v) is 9.70. The highest BCUT2D eigenvalue weighted by atomic mass is 32.2. The maximum absolute atomic E-state index is 13.1. The molecule has 32 heavy (non-hydrogen) atoms. The molecule has 1 N–H and O–H groups in total. The fraction of sp³-hybridized carbons (Fsp3) is 0.500. The summed E-state index contributed by atoms with van der Waals surface area (Å²) in [6.45, 7) is 6.23. The topological polar surface area (TPSA) is 87.5 Å². The number of aryl methyl sites for hydroxylation is 1. The predicted octanol–water partition coefficient (Wildman–Crippen LogP) is 2.55. The van der Waals surface area contributed by atoms with Gasteiger partial charge in [-0.1, -0.05) is 6.07 Å². The van der Waals surface area contributed by atoms with Crippen LogP contribution in [0, 0.1) is 20.8 Å². The summed E-state index contributed by atoms with van der Waals surface area (Å²) in [5, 5.41) is 3.60. The van der Waals surface area contributed by atoms with Gasteiger partial charge in [-0.3, -0.25) is 14.2 Å². The number of nitrogens with one attached hydrogen (secondary N) is 1. The van der Waals surface area contributed by atoms with E-state index in [4.69, 9.17) is 0 Å². The minimum atomic E-state index is -4.56. The van der Waals surface area contributed by atoms with Gasteiger partial charge >= 0.3 is 6.18 Å². The van der Waals surface area contributed by atoms with Crippen molar-refractivity contribution in [2.24, 2.45) is 0 Å². The number of rotatable bonds is 5. The average Bonchev–Trinajstić information content (AvgIpc) is 2.97. The third-order valence-electron chi connectivity index (χ3n) is 5.57. The van der Waals surface area contributed by atoms with Crippen LogP contribution in [0.4, 0.5) is 24.5 Å². The molecule has 2 aromatic rings. The zero-order valence-electron chi connectivity index (χ0n) is 18.3. The van der Waals surface area contributed by atoms with E-state index < -0.39 is 21.9 Å². The number of anilines is 2. The Hall–Kier alpha value is -2.76. The molecule has 0 bridgehead atoms. The summed E-state index contributed by atoms with van der Waals surface area (Å²) in [6, 6.07) is 5.46. The van der Waals surface area contributed by atoms with Crippen LogP contribution in [0.1, 0.15) is 22.5 Å². The second-order valence-electron chi connectivity index (χ2n) is 7.96. The molecule has 1 saturated heterocycles. The van der Waals surface area contributed by atoms with Crippen LogP contribution in [0.2, 0.25) is 0 Å². The largest absolute Gasteiger partial charge is 0.435 e. The van der Waals surface area contributed by atoms with E-state index >= 15 is 0 Å². The van der Waals surface area contributed by atoms with Gasteiger partial charge < -0.3 is 9.80 Å².